The van der Waals surface area contributed by atoms with Gasteiger partial charge in [-0.3, -0.25) is 4.79 Å². The molecule has 0 aliphatic rings. The summed E-state index contributed by atoms with van der Waals surface area (Å²) in [5, 5.41) is 9.45. The summed E-state index contributed by atoms with van der Waals surface area (Å²) in [5.41, 5.74) is 0. The third-order valence-electron chi connectivity index (χ3n) is 1.88. The van der Waals surface area contributed by atoms with Crippen molar-refractivity contribution in [2.75, 3.05) is 18.5 Å². The smallest absolute Gasteiger partial charge is 0.323 e. The minimum absolute atomic E-state index is 0.0953. The highest BCUT2D eigenvalue weighted by atomic mass is 32.1. The van der Waals surface area contributed by atoms with Crippen LogP contribution in [-0.2, 0) is 4.79 Å². The predicted octanol–water partition coefficient (Wildman–Crippen LogP) is 0.607. The second kappa shape index (κ2) is 3.77. The van der Waals surface area contributed by atoms with Gasteiger partial charge < -0.3 is 10.0 Å². The first-order chi connectivity index (χ1) is 7.18. The van der Waals surface area contributed by atoms with Gasteiger partial charge in [0.1, 0.15) is 23.5 Å². The van der Waals surface area contributed by atoms with Gasteiger partial charge in [0.2, 0.25) is 0 Å². The molecule has 7 heteroatoms. The van der Waals surface area contributed by atoms with E-state index in [1.165, 1.54) is 17.9 Å². The third-order valence-corrected chi connectivity index (χ3v) is 2.59. The first kappa shape index (κ1) is 9.78. The molecule has 0 radical (unpaired) electrons. The molecule has 2 rings (SSSR count). The minimum atomic E-state index is -0.896. The standard InChI is InChI=1S/C8H8N4O2S/c1-12(3-6(13)14)7-5-2-11-15-8(5)10-4-9-7/h2,4H,3H2,1H3,(H,13,14). The molecule has 2 heterocycles. The lowest BCUT2D eigenvalue weighted by Crippen LogP contribution is -2.26. The summed E-state index contributed by atoms with van der Waals surface area (Å²) >= 11 is 1.26. The molecule has 1 N–H and O–H groups in total. The summed E-state index contributed by atoms with van der Waals surface area (Å²) in [5.74, 6) is -0.302. The largest absolute Gasteiger partial charge is 0.480 e. The molecule has 0 unspecified atom stereocenters. The zero-order valence-electron chi connectivity index (χ0n) is 7.91. The van der Waals surface area contributed by atoms with Crippen LogP contribution in [0.3, 0.4) is 0 Å². The van der Waals surface area contributed by atoms with Crippen molar-refractivity contribution in [3.63, 3.8) is 0 Å². The van der Waals surface area contributed by atoms with Gasteiger partial charge in [-0.2, -0.15) is 4.37 Å². The maximum Gasteiger partial charge on any atom is 0.323 e. The Morgan fingerprint density at radius 3 is 3.13 bits per heavy atom. The van der Waals surface area contributed by atoms with E-state index in [2.05, 4.69) is 14.3 Å². The van der Waals surface area contributed by atoms with Crippen molar-refractivity contribution in [2.24, 2.45) is 0 Å². The van der Waals surface area contributed by atoms with E-state index in [-0.39, 0.29) is 6.54 Å². The van der Waals surface area contributed by atoms with E-state index in [0.717, 1.165) is 10.2 Å². The summed E-state index contributed by atoms with van der Waals surface area (Å²) in [6.45, 7) is -0.0953. The molecule has 0 aliphatic carbocycles. The van der Waals surface area contributed by atoms with Gasteiger partial charge in [-0.05, 0) is 11.5 Å². The Balaban J connectivity index is 2.42. The molecule has 6 nitrogen and oxygen atoms in total. The Morgan fingerprint density at radius 1 is 1.60 bits per heavy atom. The van der Waals surface area contributed by atoms with Crippen molar-refractivity contribution in [1.82, 2.24) is 14.3 Å². The fraction of sp³-hybridized carbons (Fsp3) is 0.250. The first-order valence-electron chi connectivity index (χ1n) is 4.17. The minimum Gasteiger partial charge on any atom is -0.480 e. The molecule has 0 saturated carbocycles. The van der Waals surface area contributed by atoms with E-state index in [0.29, 0.717) is 5.82 Å². The van der Waals surface area contributed by atoms with Gasteiger partial charge in [-0.15, -0.1) is 0 Å². The van der Waals surface area contributed by atoms with E-state index in [4.69, 9.17) is 5.11 Å². The average molecular weight is 224 g/mol. The summed E-state index contributed by atoms with van der Waals surface area (Å²) < 4.78 is 3.99. The molecule has 0 bridgehead atoms. The molecule has 78 valence electrons. The van der Waals surface area contributed by atoms with Crippen molar-refractivity contribution >= 4 is 33.5 Å². The van der Waals surface area contributed by atoms with Crippen LogP contribution < -0.4 is 4.90 Å². The van der Waals surface area contributed by atoms with E-state index < -0.39 is 5.97 Å². The van der Waals surface area contributed by atoms with Gasteiger partial charge in [0.15, 0.2) is 0 Å². The molecule has 0 aliphatic heterocycles. The number of carboxylic acid groups (broad SMARTS) is 1. The number of hydrogen-bond acceptors (Lipinski definition) is 6. The van der Waals surface area contributed by atoms with Crippen LogP contribution in [0, 0.1) is 0 Å². The molecule has 0 amide bonds. The van der Waals surface area contributed by atoms with Gasteiger partial charge in [0.25, 0.3) is 0 Å². The second-order valence-corrected chi connectivity index (χ2v) is 3.77. The number of anilines is 1. The molecule has 0 saturated heterocycles. The van der Waals surface area contributed by atoms with Crippen LogP contribution in [0.4, 0.5) is 5.82 Å². The Kier molecular flexibility index (Phi) is 2.46. The maximum absolute atomic E-state index is 10.6. The molecule has 2 aromatic heterocycles. The third kappa shape index (κ3) is 1.86. The molecule has 0 spiro atoms. The average Bonchev–Trinajstić information content (AvgIpc) is 2.63. The number of rotatable bonds is 3. The topological polar surface area (TPSA) is 79.2 Å². The Hall–Kier alpha value is -1.76. The Labute approximate surface area is 89.4 Å². The van der Waals surface area contributed by atoms with Crippen molar-refractivity contribution in [2.45, 2.75) is 0 Å². The van der Waals surface area contributed by atoms with Crippen LogP contribution in [-0.4, -0.2) is 39.0 Å². The normalized spacial score (nSPS) is 10.5. The molecular formula is C8H8N4O2S. The number of aliphatic carboxylic acids is 1. The lowest BCUT2D eigenvalue weighted by Gasteiger charge is -2.15. The van der Waals surface area contributed by atoms with Crippen molar-refractivity contribution < 1.29 is 9.90 Å². The molecule has 0 fully saturated rings. The summed E-state index contributed by atoms with van der Waals surface area (Å²) in [7, 11) is 1.67. The highest BCUT2D eigenvalue weighted by Crippen LogP contribution is 2.23. The highest BCUT2D eigenvalue weighted by Gasteiger charge is 2.12. The molecule has 0 aromatic carbocycles. The van der Waals surface area contributed by atoms with Crippen LogP contribution >= 0.6 is 11.5 Å². The Bertz CT molecular complexity index is 498. The van der Waals surface area contributed by atoms with Crippen molar-refractivity contribution in [1.29, 1.82) is 0 Å². The number of hydrogen-bond donors (Lipinski definition) is 1. The fourth-order valence-electron chi connectivity index (χ4n) is 1.27. The van der Waals surface area contributed by atoms with E-state index >= 15 is 0 Å². The zero-order chi connectivity index (χ0) is 10.8. The van der Waals surface area contributed by atoms with Crippen LogP contribution in [0.2, 0.25) is 0 Å². The van der Waals surface area contributed by atoms with Crippen LogP contribution in [0.5, 0.6) is 0 Å². The van der Waals surface area contributed by atoms with Crippen LogP contribution in [0.15, 0.2) is 12.5 Å². The highest BCUT2D eigenvalue weighted by molar-refractivity contribution is 7.12. The van der Waals surface area contributed by atoms with Gasteiger partial charge in [0.05, 0.1) is 11.6 Å². The second-order valence-electron chi connectivity index (χ2n) is 2.99. The number of nitrogens with zero attached hydrogens (tertiary/aromatic N) is 4. The Morgan fingerprint density at radius 2 is 2.40 bits per heavy atom. The first-order valence-corrected chi connectivity index (χ1v) is 4.94. The molecular weight excluding hydrogens is 216 g/mol. The summed E-state index contributed by atoms with van der Waals surface area (Å²) in [6.07, 6.45) is 3.06. The summed E-state index contributed by atoms with van der Waals surface area (Å²) in [6, 6.07) is 0. The molecule has 0 atom stereocenters. The maximum atomic E-state index is 10.6. The van der Waals surface area contributed by atoms with Crippen molar-refractivity contribution in [3.8, 4) is 0 Å². The number of aromatic nitrogens is 3. The van der Waals surface area contributed by atoms with E-state index in [1.807, 2.05) is 0 Å². The lowest BCUT2D eigenvalue weighted by atomic mass is 10.4. The number of fused-ring (bicyclic) bond motifs is 1. The van der Waals surface area contributed by atoms with Gasteiger partial charge in [-0.25, -0.2) is 9.97 Å². The van der Waals surface area contributed by atoms with Crippen LogP contribution in [0.1, 0.15) is 0 Å². The SMILES string of the molecule is CN(CC(=O)O)c1ncnc2sncc12. The zero-order valence-corrected chi connectivity index (χ0v) is 8.73. The van der Waals surface area contributed by atoms with Crippen molar-refractivity contribution in [3.05, 3.63) is 12.5 Å². The van der Waals surface area contributed by atoms with Gasteiger partial charge in [0, 0.05) is 7.05 Å². The molecule has 15 heavy (non-hydrogen) atoms. The number of likely N-dealkylation sites (N-methyl/N-ethyl adjacent to an activating group) is 1. The fourth-order valence-corrected chi connectivity index (χ4v) is 1.86. The van der Waals surface area contributed by atoms with Gasteiger partial charge >= 0.3 is 5.97 Å². The lowest BCUT2D eigenvalue weighted by molar-refractivity contribution is -0.135. The molecule has 2 aromatic rings. The number of carboxylic acids is 1. The quantitative estimate of drug-likeness (QED) is 0.822. The predicted molar refractivity (Wildman–Crippen MR) is 56.1 cm³/mol. The van der Waals surface area contributed by atoms with E-state index in [9.17, 15) is 4.79 Å². The monoisotopic (exact) mass is 224 g/mol. The van der Waals surface area contributed by atoms with E-state index in [1.54, 1.807) is 18.1 Å². The van der Waals surface area contributed by atoms with Crippen LogP contribution in [0.25, 0.3) is 10.2 Å². The summed E-state index contributed by atoms with van der Waals surface area (Å²) in [4.78, 5) is 21.0. The number of carbonyl (C=O) groups is 1. The van der Waals surface area contributed by atoms with Gasteiger partial charge in [-0.1, -0.05) is 0 Å².